The number of nitrogens with one attached hydrogen (secondary N) is 1. The fourth-order valence-electron chi connectivity index (χ4n) is 2.56. The first kappa shape index (κ1) is 16.2. The number of aromatic nitrogens is 1. The van der Waals surface area contributed by atoms with E-state index in [2.05, 4.69) is 10.3 Å². The van der Waals surface area contributed by atoms with Crippen LogP contribution in [0.4, 0.5) is 5.69 Å². The fraction of sp³-hybridized carbons (Fsp3) is 0.316. The lowest BCUT2D eigenvalue weighted by Gasteiger charge is -2.21. The Labute approximate surface area is 141 Å². The molecule has 1 aliphatic carbocycles. The van der Waals surface area contributed by atoms with Gasteiger partial charge in [-0.15, -0.1) is 0 Å². The minimum atomic E-state index is -0.204. The van der Waals surface area contributed by atoms with Gasteiger partial charge in [-0.05, 0) is 56.5 Å². The second kappa shape index (κ2) is 6.83. The highest BCUT2D eigenvalue weighted by atomic mass is 16.2. The molecule has 0 unspecified atom stereocenters. The molecule has 1 aliphatic rings. The maximum absolute atomic E-state index is 12.8. The first-order valence-electron chi connectivity index (χ1n) is 8.24. The number of benzene rings is 1. The van der Waals surface area contributed by atoms with Crippen LogP contribution in [0, 0.1) is 6.92 Å². The largest absolute Gasteiger partial charge is 0.349 e. The lowest BCUT2D eigenvalue weighted by atomic mass is 10.1. The molecule has 1 saturated carbocycles. The van der Waals surface area contributed by atoms with Crippen LogP contribution in [-0.2, 0) is 0 Å². The summed E-state index contributed by atoms with van der Waals surface area (Å²) in [5.41, 5.74) is 2.67. The number of nitrogens with zero attached hydrogens (tertiary/aromatic N) is 2. The van der Waals surface area contributed by atoms with Gasteiger partial charge in [0.15, 0.2) is 0 Å². The molecular weight excluding hydrogens is 302 g/mol. The van der Waals surface area contributed by atoms with E-state index in [0.717, 1.165) is 24.1 Å². The van der Waals surface area contributed by atoms with Crippen molar-refractivity contribution in [2.24, 2.45) is 0 Å². The molecule has 0 saturated heterocycles. The molecule has 0 bridgehead atoms. The van der Waals surface area contributed by atoms with Gasteiger partial charge in [-0.1, -0.05) is 12.1 Å². The van der Waals surface area contributed by atoms with E-state index in [1.54, 1.807) is 17.0 Å². The summed E-state index contributed by atoms with van der Waals surface area (Å²) < 4.78 is 0. The first-order chi connectivity index (χ1) is 11.6. The van der Waals surface area contributed by atoms with Crippen molar-refractivity contribution < 1.29 is 9.59 Å². The molecule has 2 amide bonds. The Balaban J connectivity index is 1.83. The van der Waals surface area contributed by atoms with E-state index in [1.165, 1.54) is 6.20 Å². The number of carbonyl (C=O) groups is 2. The number of hydrogen-bond acceptors (Lipinski definition) is 3. The average molecular weight is 323 g/mol. The Hall–Kier alpha value is -2.69. The van der Waals surface area contributed by atoms with Gasteiger partial charge >= 0.3 is 0 Å². The number of hydrogen-bond donors (Lipinski definition) is 1. The summed E-state index contributed by atoms with van der Waals surface area (Å²) in [4.78, 5) is 30.8. The van der Waals surface area contributed by atoms with Crippen LogP contribution in [0.2, 0.25) is 0 Å². The van der Waals surface area contributed by atoms with Gasteiger partial charge < -0.3 is 10.2 Å². The summed E-state index contributed by atoms with van der Waals surface area (Å²) in [5, 5.41) is 2.93. The molecule has 124 valence electrons. The van der Waals surface area contributed by atoms with Gasteiger partial charge in [0.1, 0.15) is 5.69 Å². The molecule has 5 nitrogen and oxygen atoms in total. The zero-order valence-corrected chi connectivity index (χ0v) is 14.0. The van der Waals surface area contributed by atoms with Crippen molar-refractivity contribution in [1.82, 2.24) is 10.3 Å². The summed E-state index contributed by atoms with van der Waals surface area (Å²) in [6.45, 7) is 4.44. The van der Waals surface area contributed by atoms with Gasteiger partial charge in [0, 0.05) is 30.0 Å². The molecule has 0 aliphatic heterocycles. The second-order valence-corrected chi connectivity index (χ2v) is 6.07. The van der Waals surface area contributed by atoms with Crippen LogP contribution in [0.5, 0.6) is 0 Å². The molecule has 1 heterocycles. The molecule has 24 heavy (non-hydrogen) atoms. The van der Waals surface area contributed by atoms with Crippen molar-refractivity contribution in [1.29, 1.82) is 0 Å². The third kappa shape index (κ3) is 3.62. The van der Waals surface area contributed by atoms with E-state index in [9.17, 15) is 9.59 Å². The van der Waals surface area contributed by atoms with Gasteiger partial charge in [-0.3, -0.25) is 14.6 Å². The quantitative estimate of drug-likeness (QED) is 0.920. The zero-order valence-electron chi connectivity index (χ0n) is 14.0. The van der Waals surface area contributed by atoms with Crippen molar-refractivity contribution in [3.63, 3.8) is 0 Å². The summed E-state index contributed by atoms with van der Waals surface area (Å²) in [6, 6.07) is 11.3. The molecule has 2 aromatic rings. The third-order valence-electron chi connectivity index (χ3n) is 4.03. The molecular formula is C19H21N3O2. The molecule has 1 aromatic carbocycles. The normalized spacial score (nSPS) is 13.4. The van der Waals surface area contributed by atoms with E-state index in [1.807, 2.05) is 38.1 Å². The maximum atomic E-state index is 12.8. The summed E-state index contributed by atoms with van der Waals surface area (Å²) >= 11 is 0. The van der Waals surface area contributed by atoms with Crippen molar-refractivity contribution in [2.75, 3.05) is 11.4 Å². The number of amides is 2. The molecule has 1 fully saturated rings. The molecule has 1 N–H and O–H groups in total. The Morgan fingerprint density at radius 2 is 2.04 bits per heavy atom. The van der Waals surface area contributed by atoms with E-state index in [-0.39, 0.29) is 23.6 Å². The number of pyridine rings is 1. The van der Waals surface area contributed by atoms with Crippen LogP contribution in [0.1, 0.15) is 46.2 Å². The lowest BCUT2D eigenvalue weighted by molar-refractivity contribution is 0.0951. The highest BCUT2D eigenvalue weighted by Crippen LogP contribution is 2.20. The molecule has 3 rings (SSSR count). The van der Waals surface area contributed by atoms with E-state index in [4.69, 9.17) is 0 Å². The number of rotatable bonds is 5. The van der Waals surface area contributed by atoms with E-state index >= 15 is 0 Å². The van der Waals surface area contributed by atoms with Crippen molar-refractivity contribution in [3.8, 4) is 0 Å². The molecule has 0 radical (unpaired) electrons. The number of anilines is 1. The first-order valence-corrected chi connectivity index (χ1v) is 8.24. The Morgan fingerprint density at radius 1 is 1.25 bits per heavy atom. The Kier molecular flexibility index (Phi) is 4.60. The number of aryl methyl sites for hydroxylation is 1. The topological polar surface area (TPSA) is 62.3 Å². The van der Waals surface area contributed by atoms with Crippen molar-refractivity contribution in [2.45, 2.75) is 32.7 Å². The number of carbonyl (C=O) groups excluding carboxylic acids is 2. The average Bonchev–Trinajstić information content (AvgIpc) is 3.39. The van der Waals surface area contributed by atoms with Gasteiger partial charge in [0.2, 0.25) is 0 Å². The predicted octanol–water partition coefficient (Wildman–Crippen LogP) is 2.95. The predicted molar refractivity (Wildman–Crippen MR) is 93.3 cm³/mol. The van der Waals surface area contributed by atoms with Gasteiger partial charge in [-0.2, -0.15) is 0 Å². The lowest BCUT2D eigenvalue weighted by Crippen LogP contribution is -2.32. The van der Waals surface area contributed by atoms with Crippen LogP contribution in [0.25, 0.3) is 0 Å². The van der Waals surface area contributed by atoms with Gasteiger partial charge in [0.25, 0.3) is 11.8 Å². The van der Waals surface area contributed by atoms with Crippen LogP contribution in [0.3, 0.4) is 0 Å². The van der Waals surface area contributed by atoms with Crippen LogP contribution >= 0.6 is 0 Å². The smallest absolute Gasteiger partial charge is 0.276 e. The second-order valence-electron chi connectivity index (χ2n) is 6.07. The van der Waals surface area contributed by atoms with Crippen LogP contribution in [0.15, 0.2) is 42.6 Å². The third-order valence-corrected chi connectivity index (χ3v) is 4.03. The molecule has 0 atom stereocenters. The van der Waals surface area contributed by atoms with Gasteiger partial charge in [0.05, 0.1) is 0 Å². The van der Waals surface area contributed by atoms with E-state index < -0.39 is 0 Å². The minimum absolute atomic E-state index is 0.146. The van der Waals surface area contributed by atoms with Gasteiger partial charge in [-0.25, -0.2) is 0 Å². The highest BCUT2D eigenvalue weighted by Gasteiger charge is 2.25. The summed E-state index contributed by atoms with van der Waals surface area (Å²) in [5.74, 6) is -0.350. The standard InChI is InChI=1S/C19H21N3O2/c1-3-22(16-6-4-5-13(2)11-16)19(24)17-12-14(9-10-20-17)18(23)21-15-7-8-15/h4-6,9-12,15H,3,7-8H2,1-2H3,(H,21,23). The monoisotopic (exact) mass is 323 g/mol. The van der Waals surface area contributed by atoms with Crippen molar-refractivity contribution in [3.05, 3.63) is 59.4 Å². The highest BCUT2D eigenvalue weighted by molar-refractivity contribution is 6.06. The Morgan fingerprint density at radius 3 is 2.71 bits per heavy atom. The maximum Gasteiger partial charge on any atom is 0.276 e. The minimum Gasteiger partial charge on any atom is -0.349 e. The van der Waals surface area contributed by atoms with Crippen molar-refractivity contribution >= 4 is 17.5 Å². The molecule has 1 aromatic heterocycles. The Bertz CT molecular complexity index is 769. The fourth-order valence-corrected chi connectivity index (χ4v) is 2.56. The summed E-state index contributed by atoms with van der Waals surface area (Å²) in [6.07, 6.45) is 3.57. The molecule has 0 spiro atoms. The zero-order chi connectivity index (χ0) is 17.1. The van der Waals surface area contributed by atoms with Crippen LogP contribution < -0.4 is 10.2 Å². The van der Waals surface area contributed by atoms with E-state index in [0.29, 0.717) is 12.1 Å². The van der Waals surface area contributed by atoms with Crippen LogP contribution in [-0.4, -0.2) is 29.4 Å². The SMILES string of the molecule is CCN(C(=O)c1cc(C(=O)NC2CC2)ccn1)c1cccc(C)c1. The summed E-state index contributed by atoms with van der Waals surface area (Å²) in [7, 11) is 0. The molecule has 5 heteroatoms.